The van der Waals surface area contributed by atoms with Crippen LogP contribution in [0.2, 0.25) is 0 Å². The highest BCUT2D eigenvalue weighted by Gasteiger charge is 2.09. The molecule has 2 aromatic rings. The summed E-state index contributed by atoms with van der Waals surface area (Å²) in [5.74, 6) is -0.404. The molecule has 0 radical (unpaired) electrons. The maximum Gasteiger partial charge on any atom is 0.308 e. The number of hydrogen-bond donors (Lipinski definition) is 2. The third-order valence-electron chi connectivity index (χ3n) is 2.59. The number of hydrogen-bond acceptors (Lipinski definition) is 4. The molecule has 0 fully saturated rings. The van der Waals surface area contributed by atoms with Crippen molar-refractivity contribution in [1.82, 2.24) is 10.2 Å². The van der Waals surface area contributed by atoms with Gasteiger partial charge >= 0.3 is 5.97 Å². The molecule has 2 rings (SSSR count). The van der Waals surface area contributed by atoms with Crippen LogP contribution in [-0.4, -0.2) is 28.4 Å². The van der Waals surface area contributed by atoms with Gasteiger partial charge < -0.3 is 9.84 Å². The van der Waals surface area contributed by atoms with E-state index in [1.807, 2.05) is 0 Å². The van der Waals surface area contributed by atoms with Crippen LogP contribution < -0.4 is 10.3 Å². The Morgan fingerprint density at radius 2 is 2.21 bits per heavy atom. The number of ether oxygens (including phenoxy) is 1. The second kappa shape index (κ2) is 5.34. The van der Waals surface area contributed by atoms with E-state index in [2.05, 4.69) is 10.2 Å². The highest BCUT2D eigenvalue weighted by molar-refractivity contribution is 5.71. The molecule has 0 atom stereocenters. The van der Waals surface area contributed by atoms with Crippen LogP contribution in [0.15, 0.2) is 35.1 Å². The minimum atomic E-state index is -1.06. The third-order valence-corrected chi connectivity index (χ3v) is 2.59. The van der Waals surface area contributed by atoms with Gasteiger partial charge in [-0.1, -0.05) is 12.1 Å². The molecule has 1 aromatic heterocycles. The molecule has 1 aromatic carbocycles. The van der Waals surface area contributed by atoms with Gasteiger partial charge in [-0.2, -0.15) is 5.10 Å². The molecule has 98 valence electrons. The standard InChI is InChI=1S/C13H12N2O4/c1-19-10-4-2-3-8(5-10)11-6-9(7-12(16)17)13(18)15-14-11/h2-6H,7H2,1H3,(H,15,18)(H,16,17). The van der Waals surface area contributed by atoms with Gasteiger partial charge in [-0.05, 0) is 18.2 Å². The van der Waals surface area contributed by atoms with Crippen LogP contribution in [0.25, 0.3) is 11.3 Å². The number of carbonyl (C=O) groups is 1. The van der Waals surface area contributed by atoms with Crippen molar-refractivity contribution in [3.8, 4) is 17.0 Å². The molecule has 0 bridgehead atoms. The monoisotopic (exact) mass is 260 g/mol. The number of aliphatic carboxylic acids is 1. The molecule has 2 N–H and O–H groups in total. The summed E-state index contributed by atoms with van der Waals surface area (Å²) < 4.78 is 5.10. The Labute approximate surface area is 108 Å². The molecule has 6 heteroatoms. The van der Waals surface area contributed by atoms with E-state index >= 15 is 0 Å². The third kappa shape index (κ3) is 2.98. The van der Waals surface area contributed by atoms with Crippen LogP contribution in [0.3, 0.4) is 0 Å². The molecular weight excluding hydrogens is 248 g/mol. The average molecular weight is 260 g/mol. The van der Waals surface area contributed by atoms with Crippen LogP contribution >= 0.6 is 0 Å². The number of carboxylic acid groups (broad SMARTS) is 1. The molecule has 1 heterocycles. The molecule has 0 aliphatic carbocycles. The van der Waals surface area contributed by atoms with Crippen molar-refractivity contribution in [3.63, 3.8) is 0 Å². The number of methoxy groups -OCH3 is 1. The Hall–Kier alpha value is -2.63. The van der Waals surface area contributed by atoms with Crippen molar-refractivity contribution in [2.24, 2.45) is 0 Å². The molecule has 6 nitrogen and oxygen atoms in total. The molecule has 19 heavy (non-hydrogen) atoms. The first-order chi connectivity index (χ1) is 9.10. The fraction of sp³-hybridized carbons (Fsp3) is 0.154. The predicted molar refractivity (Wildman–Crippen MR) is 68.2 cm³/mol. The fourth-order valence-electron chi connectivity index (χ4n) is 1.67. The van der Waals surface area contributed by atoms with E-state index < -0.39 is 11.5 Å². The van der Waals surface area contributed by atoms with Crippen molar-refractivity contribution in [2.75, 3.05) is 7.11 Å². The topological polar surface area (TPSA) is 92.3 Å². The largest absolute Gasteiger partial charge is 0.497 e. The van der Waals surface area contributed by atoms with Gasteiger partial charge in [0.15, 0.2) is 0 Å². The van der Waals surface area contributed by atoms with Gasteiger partial charge in [0.2, 0.25) is 0 Å². The van der Waals surface area contributed by atoms with E-state index in [1.165, 1.54) is 6.07 Å². The van der Waals surface area contributed by atoms with Crippen LogP contribution in [0.4, 0.5) is 0 Å². The predicted octanol–water partition coefficient (Wildman–Crippen LogP) is 1.07. The first-order valence-electron chi connectivity index (χ1n) is 5.55. The van der Waals surface area contributed by atoms with Crippen LogP contribution in [0.1, 0.15) is 5.56 Å². The number of nitrogens with one attached hydrogen (secondary N) is 1. The zero-order valence-electron chi connectivity index (χ0n) is 10.2. The molecule has 0 saturated carbocycles. The van der Waals surface area contributed by atoms with Gasteiger partial charge in [0.1, 0.15) is 5.75 Å². The lowest BCUT2D eigenvalue weighted by molar-refractivity contribution is -0.136. The van der Waals surface area contributed by atoms with E-state index in [-0.39, 0.29) is 12.0 Å². The van der Waals surface area contributed by atoms with E-state index in [4.69, 9.17) is 9.84 Å². The fourth-order valence-corrected chi connectivity index (χ4v) is 1.67. The van der Waals surface area contributed by atoms with Gasteiger partial charge in [-0.25, -0.2) is 5.10 Å². The van der Waals surface area contributed by atoms with E-state index in [9.17, 15) is 9.59 Å². The number of carboxylic acids is 1. The van der Waals surface area contributed by atoms with Crippen molar-refractivity contribution < 1.29 is 14.6 Å². The van der Waals surface area contributed by atoms with Gasteiger partial charge in [-0.15, -0.1) is 0 Å². The Morgan fingerprint density at radius 3 is 2.89 bits per heavy atom. The first-order valence-corrected chi connectivity index (χ1v) is 5.55. The van der Waals surface area contributed by atoms with Crippen molar-refractivity contribution in [1.29, 1.82) is 0 Å². The van der Waals surface area contributed by atoms with Crippen LogP contribution in [0, 0.1) is 0 Å². The smallest absolute Gasteiger partial charge is 0.308 e. The summed E-state index contributed by atoms with van der Waals surface area (Å²) in [5.41, 5.74) is 0.909. The lowest BCUT2D eigenvalue weighted by Crippen LogP contribution is -2.17. The quantitative estimate of drug-likeness (QED) is 0.857. The van der Waals surface area contributed by atoms with E-state index in [1.54, 1.807) is 31.4 Å². The molecule has 0 amide bonds. The zero-order chi connectivity index (χ0) is 13.8. The summed E-state index contributed by atoms with van der Waals surface area (Å²) in [6.45, 7) is 0. The Kier molecular flexibility index (Phi) is 3.61. The SMILES string of the molecule is COc1cccc(-c2cc(CC(=O)O)c(=O)[nH]n2)c1. The molecule has 0 aliphatic heterocycles. The number of aromatic amines is 1. The lowest BCUT2D eigenvalue weighted by Gasteiger charge is -2.04. The summed E-state index contributed by atoms with van der Waals surface area (Å²) >= 11 is 0. The summed E-state index contributed by atoms with van der Waals surface area (Å²) in [6.07, 6.45) is -0.338. The van der Waals surface area contributed by atoms with Crippen LogP contribution in [-0.2, 0) is 11.2 Å². The van der Waals surface area contributed by atoms with E-state index in [0.717, 1.165) is 5.56 Å². The van der Waals surface area contributed by atoms with Gasteiger partial charge in [0.05, 0.1) is 19.2 Å². The zero-order valence-corrected chi connectivity index (χ0v) is 10.2. The number of benzene rings is 1. The number of aromatic nitrogens is 2. The highest BCUT2D eigenvalue weighted by Crippen LogP contribution is 2.21. The van der Waals surface area contributed by atoms with Crippen LogP contribution in [0.5, 0.6) is 5.75 Å². The second-order valence-corrected chi connectivity index (χ2v) is 3.91. The number of rotatable bonds is 4. The Morgan fingerprint density at radius 1 is 1.42 bits per heavy atom. The van der Waals surface area contributed by atoms with Crippen molar-refractivity contribution >= 4 is 5.97 Å². The summed E-state index contributed by atoms with van der Waals surface area (Å²) in [5, 5.41) is 14.9. The second-order valence-electron chi connectivity index (χ2n) is 3.91. The maximum atomic E-state index is 11.5. The summed E-state index contributed by atoms with van der Waals surface area (Å²) in [4.78, 5) is 22.1. The van der Waals surface area contributed by atoms with Crippen molar-refractivity contribution in [2.45, 2.75) is 6.42 Å². The molecular formula is C13H12N2O4. The minimum Gasteiger partial charge on any atom is -0.497 e. The molecule has 0 aliphatic rings. The normalized spacial score (nSPS) is 10.2. The Bertz CT molecular complexity index is 664. The van der Waals surface area contributed by atoms with Gasteiger partial charge in [0, 0.05) is 11.1 Å². The molecule has 0 unspecified atom stereocenters. The van der Waals surface area contributed by atoms with E-state index in [0.29, 0.717) is 11.4 Å². The lowest BCUT2D eigenvalue weighted by atomic mass is 10.1. The van der Waals surface area contributed by atoms with Gasteiger partial charge in [0.25, 0.3) is 5.56 Å². The maximum absolute atomic E-state index is 11.5. The molecule has 0 saturated heterocycles. The number of H-pyrrole nitrogens is 1. The van der Waals surface area contributed by atoms with Gasteiger partial charge in [-0.3, -0.25) is 9.59 Å². The first kappa shape index (κ1) is 12.8. The summed E-state index contributed by atoms with van der Waals surface area (Å²) in [6, 6.07) is 8.60. The minimum absolute atomic E-state index is 0.167. The number of nitrogens with zero attached hydrogens (tertiary/aromatic N) is 1. The molecule has 0 spiro atoms. The average Bonchev–Trinajstić information content (AvgIpc) is 2.41. The Balaban J connectivity index is 2.44. The summed E-state index contributed by atoms with van der Waals surface area (Å²) in [7, 11) is 1.55. The van der Waals surface area contributed by atoms with Crippen molar-refractivity contribution in [3.05, 3.63) is 46.2 Å². The highest BCUT2D eigenvalue weighted by atomic mass is 16.5.